The molecule has 4 nitrogen and oxygen atoms in total. The molecule has 110 valence electrons. The number of rotatable bonds is 3. The highest BCUT2D eigenvalue weighted by Crippen LogP contribution is 2.26. The number of anilines is 2. The zero-order chi connectivity index (χ0) is 15.0. The normalized spacial score (nSPS) is 12.9. The number of nitrogens with one attached hydrogen (secondary N) is 2. The molecular formula is C17H21N3O. The number of hydrogen-bond acceptors (Lipinski definition) is 2. The van der Waals surface area contributed by atoms with Crippen molar-refractivity contribution >= 4 is 17.3 Å². The number of aryl methyl sites for hydroxylation is 1. The zero-order valence-electron chi connectivity index (χ0n) is 12.8. The van der Waals surface area contributed by atoms with Crippen LogP contribution in [0.25, 0.3) is 0 Å². The Balaban J connectivity index is 1.83. The maximum Gasteiger partial charge on any atom is 0.257 e. The fourth-order valence-corrected chi connectivity index (χ4v) is 3.10. The number of nitrogens with zero attached hydrogens (tertiary/aromatic N) is 1. The molecule has 0 bridgehead atoms. The third-order valence-electron chi connectivity index (χ3n) is 4.21. The highest BCUT2D eigenvalue weighted by atomic mass is 16.1. The SMILES string of the molecule is CCn1c(C)cc(C(=O)Nc2ccc3c(c2)CCN3)c1C. The van der Waals surface area contributed by atoms with Gasteiger partial charge in [-0.2, -0.15) is 0 Å². The monoisotopic (exact) mass is 283 g/mol. The second-order valence-corrected chi connectivity index (χ2v) is 5.53. The smallest absolute Gasteiger partial charge is 0.257 e. The summed E-state index contributed by atoms with van der Waals surface area (Å²) in [5.74, 6) is -0.0336. The summed E-state index contributed by atoms with van der Waals surface area (Å²) in [6.07, 6.45) is 1.02. The topological polar surface area (TPSA) is 46.1 Å². The first kappa shape index (κ1) is 13.7. The van der Waals surface area contributed by atoms with Crippen molar-refractivity contribution < 1.29 is 4.79 Å². The van der Waals surface area contributed by atoms with Crippen LogP contribution < -0.4 is 10.6 Å². The van der Waals surface area contributed by atoms with Crippen molar-refractivity contribution in [3.63, 3.8) is 0 Å². The van der Waals surface area contributed by atoms with E-state index >= 15 is 0 Å². The first-order chi connectivity index (χ1) is 10.1. The van der Waals surface area contributed by atoms with Gasteiger partial charge in [-0.1, -0.05) is 0 Å². The van der Waals surface area contributed by atoms with Gasteiger partial charge in [-0.05, 0) is 57.0 Å². The molecule has 0 unspecified atom stereocenters. The molecule has 1 aliphatic rings. The largest absolute Gasteiger partial charge is 0.384 e. The van der Waals surface area contributed by atoms with Crippen LogP contribution in [0.3, 0.4) is 0 Å². The summed E-state index contributed by atoms with van der Waals surface area (Å²) in [5.41, 5.74) is 6.22. The second kappa shape index (κ2) is 5.28. The van der Waals surface area contributed by atoms with Gasteiger partial charge < -0.3 is 15.2 Å². The van der Waals surface area contributed by atoms with Crippen LogP contribution >= 0.6 is 0 Å². The third kappa shape index (κ3) is 2.42. The average Bonchev–Trinajstić information content (AvgIpc) is 3.02. The van der Waals surface area contributed by atoms with Crippen molar-refractivity contribution in [2.45, 2.75) is 33.7 Å². The molecule has 1 aromatic carbocycles. The van der Waals surface area contributed by atoms with Crippen LogP contribution in [0.2, 0.25) is 0 Å². The summed E-state index contributed by atoms with van der Waals surface area (Å²) < 4.78 is 2.15. The Morgan fingerprint density at radius 1 is 1.33 bits per heavy atom. The lowest BCUT2D eigenvalue weighted by molar-refractivity contribution is 0.102. The Morgan fingerprint density at radius 2 is 2.14 bits per heavy atom. The maximum absolute atomic E-state index is 12.5. The molecule has 0 saturated heterocycles. The number of carbonyl (C=O) groups excluding carboxylic acids is 1. The van der Waals surface area contributed by atoms with E-state index in [4.69, 9.17) is 0 Å². The van der Waals surface area contributed by atoms with Crippen LogP contribution in [-0.2, 0) is 13.0 Å². The standard InChI is InChI=1S/C17H21N3O/c1-4-20-11(2)9-15(12(20)3)17(21)19-14-5-6-16-13(10-14)7-8-18-16/h5-6,9-10,18H,4,7-8H2,1-3H3,(H,19,21). The quantitative estimate of drug-likeness (QED) is 0.907. The summed E-state index contributed by atoms with van der Waals surface area (Å²) in [4.78, 5) is 12.5. The van der Waals surface area contributed by atoms with Crippen LogP contribution in [0.15, 0.2) is 24.3 Å². The Morgan fingerprint density at radius 3 is 2.86 bits per heavy atom. The van der Waals surface area contributed by atoms with Gasteiger partial charge in [-0.25, -0.2) is 0 Å². The number of carbonyl (C=O) groups is 1. The van der Waals surface area contributed by atoms with Gasteiger partial charge in [0.25, 0.3) is 5.91 Å². The molecule has 4 heteroatoms. The van der Waals surface area contributed by atoms with Gasteiger partial charge in [0.2, 0.25) is 0 Å². The third-order valence-corrected chi connectivity index (χ3v) is 4.21. The van der Waals surface area contributed by atoms with E-state index in [0.717, 1.165) is 42.1 Å². The molecule has 2 N–H and O–H groups in total. The minimum absolute atomic E-state index is 0.0336. The number of hydrogen-bond donors (Lipinski definition) is 2. The predicted molar refractivity (Wildman–Crippen MR) is 86.2 cm³/mol. The molecule has 0 atom stereocenters. The summed E-state index contributed by atoms with van der Waals surface area (Å²) in [7, 11) is 0. The Bertz CT molecular complexity index is 700. The predicted octanol–water partition coefficient (Wildman–Crippen LogP) is 3.35. The molecule has 0 spiro atoms. The lowest BCUT2D eigenvalue weighted by atomic mass is 10.1. The van der Waals surface area contributed by atoms with E-state index in [1.165, 1.54) is 11.3 Å². The molecule has 2 aromatic rings. The molecular weight excluding hydrogens is 262 g/mol. The Labute approximate surface area is 125 Å². The molecule has 0 radical (unpaired) electrons. The van der Waals surface area contributed by atoms with Crippen LogP contribution in [0, 0.1) is 13.8 Å². The van der Waals surface area contributed by atoms with Crippen molar-refractivity contribution in [2.75, 3.05) is 17.2 Å². The Kier molecular flexibility index (Phi) is 3.45. The van der Waals surface area contributed by atoms with Gasteiger partial charge in [0.1, 0.15) is 0 Å². The number of aromatic nitrogens is 1. The molecule has 2 heterocycles. The van der Waals surface area contributed by atoms with E-state index in [-0.39, 0.29) is 5.91 Å². The van der Waals surface area contributed by atoms with E-state index in [9.17, 15) is 4.79 Å². The fraction of sp³-hybridized carbons (Fsp3) is 0.353. The fourth-order valence-electron chi connectivity index (χ4n) is 3.10. The van der Waals surface area contributed by atoms with Gasteiger partial charge in [0, 0.05) is 35.9 Å². The van der Waals surface area contributed by atoms with Crippen LogP contribution in [0.4, 0.5) is 11.4 Å². The van der Waals surface area contributed by atoms with Crippen molar-refractivity contribution in [1.29, 1.82) is 0 Å². The van der Waals surface area contributed by atoms with E-state index < -0.39 is 0 Å². The van der Waals surface area contributed by atoms with Gasteiger partial charge in [0.05, 0.1) is 5.56 Å². The molecule has 1 aromatic heterocycles. The summed E-state index contributed by atoms with van der Waals surface area (Å²) in [6.45, 7) is 7.99. The number of fused-ring (bicyclic) bond motifs is 1. The number of amides is 1. The lowest BCUT2D eigenvalue weighted by Crippen LogP contribution is -2.13. The highest BCUT2D eigenvalue weighted by molar-refractivity contribution is 6.05. The van der Waals surface area contributed by atoms with Gasteiger partial charge in [0.15, 0.2) is 0 Å². The van der Waals surface area contributed by atoms with Crippen LogP contribution in [0.1, 0.15) is 34.2 Å². The average molecular weight is 283 g/mol. The van der Waals surface area contributed by atoms with E-state index in [1.54, 1.807) is 0 Å². The molecule has 21 heavy (non-hydrogen) atoms. The summed E-state index contributed by atoms with van der Waals surface area (Å²) in [5, 5.41) is 6.34. The first-order valence-corrected chi connectivity index (χ1v) is 7.45. The molecule has 1 amide bonds. The van der Waals surface area contributed by atoms with Gasteiger partial charge in [-0.15, -0.1) is 0 Å². The zero-order valence-corrected chi connectivity index (χ0v) is 12.8. The van der Waals surface area contributed by atoms with Crippen molar-refractivity contribution in [3.05, 3.63) is 46.8 Å². The second-order valence-electron chi connectivity index (χ2n) is 5.53. The van der Waals surface area contributed by atoms with Crippen molar-refractivity contribution in [3.8, 4) is 0 Å². The summed E-state index contributed by atoms with van der Waals surface area (Å²) in [6, 6.07) is 8.01. The van der Waals surface area contributed by atoms with Crippen molar-refractivity contribution in [2.24, 2.45) is 0 Å². The maximum atomic E-state index is 12.5. The van der Waals surface area contributed by atoms with E-state index in [2.05, 4.69) is 28.2 Å². The van der Waals surface area contributed by atoms with Crippen LogP contribution in [-0.4, -0.2) is 17.0 Å². The Hall–Kier alpha value is -2.23. The number of benzene rings is 1. The van der Waals surface area contributed by atoms with E-state index in [0.29, 0.717) is 0 Å². The van der Waals surface area contributed by atoms with Crippen LogP contribution in [0.5, 0.6) is 0 Å². The van der Waals surface area contributed by atoms with Crippen molar-refractivity contribution in [1.82, 2.24) is 4.57 Å². The summed E-state index contributed by atoms with van der Waals surface area (Å²) >= 11 is 0. The molecule has 0 aliphatic carbocycles. The minimum atomic E-state index is -0.0336. The lowest BCUT2D eigenvalue weighted by Gasteiger charge is -2.08. The highest BCUT2D eigenvalue weighted by Gasteiger charge is 2.16. The molecule has 1 aliphatic heterocycles. The van der Waals surface area contributed by atoms with Gasteiger partial charge in [-0.3, -0.25) is 4.79 Å². The first-order valence-electron chi connectivity index (χ1n) is 7.45. The molecule has 0 saturated carbocycles. The minimum Gasteiger partial charge on any atom is -0.384 e. The molecule has 3 rings (SSSR count). The van der Waals surface area contributed by atoms with Gasteiger partial charge >= 0.3 is 0 Å². The molecule has 0 fully saturated rings. The van der Waals surface area contributed by atoms with E-state index in [1.807, 2.05) is 32.0 Å².